The summed E-state index contributed by atoms with van der Waals surface area (Å²) in [6, 6.07) is 16.7. The van der Waals surface area contributed by atoms with E-state index in [1.807, 2.05) is 18.2 Å². The molecule has 1 aromatic heterocycles. The summed E-state index contributed by atoms with van der Waals surface area (Å²) in [5.41, 5.74) is 4.57. The minimum absolute atomic E-state index is 0.896. The Morgan fingerprint density at radius 1 is 1.00 bits per heavy atom. The first-order valence-electron chi connectivity index (χ1n) is 6.01. The fourth-order valence-electron chi connectivity index (χ4n) is 2.25. The van der Waals surface area contributed by atoms with Crippen molar-refractivity contribution < 1.29 is 4.74 Å². The second kappa shape index (κ2) is 4.22. The monoisotopic (exact) mass is 237 g/mol. The number of aromatic amines is 1. The molecule has 2 heteroatoms. The summed E-state index contributed by atoms with van der Waals surface area (Å²) in [6.07, 6.45) is 0. The number of methoxy groups -OCH3 is 1. The van der Waals surface area contributed by atoms with Crippen molar-refractivity contribution in [2.75, 3.05) is 7.11 Å². The van der Waals surface area contributed by atoms with Gasteiger partial charge < -0.3 is 9.72 Å². The first kappa shape index (κ1) is 10.9. The maximum atomic E-state index is 5.43. The molecule has 1 N–H and O–H groups in total. The Kier molecular flexibility index (Phi) is 2.56. The van der Waals surface area contributed by atoms with E-state index in [-0.39, 0.29) is 0 Å². The standard InChI is InChI=1S/C16H15NO/c1-11-7-8-16(18-2)13(9-11)15-10-12-5-3-4-6-14(12)17-15/h3-10,17H,1-2H3. The number of aromatic nitrogens is 1. The largest absolute Gasteiger partial charge is 0.496 e. The van der Waals surface area contributed by atoms with E-state index in [0.29, 0.717) is 0 Å². The van der Waals surface area contributed by atoms with Crippen LogP contribution in [0.4, 0.5) is 0 Å². The number of benzene rings is 2. The quantitative estimate of drug-likeness (QED) is 0.711. The van der Waals surface area contributed by atoms with Gasteiger partial charge >= 0.3 is 0 Å². The van der Waals surface area contributed by atoms with Crippen LogP contribution in [0.25, 0.3) is 22.2 Å². The topological polar surface area (TPSA) is 25.0 Å². The van der Waals surface area contributed by atoms with Crippen molar-refractivity contribution in [3.05, 3.63) is 54.1 Å². The lowest BCUT2D eigenvalue weighted by Gasteiger charge is -2.07. The second-order valence-electron chi connectivity index (χ2n) is 4.47. The van der Waals surface area contributed by atoms with Crippen LogP contribution in [-0.4, -0.2) is 12.1 Å². The molecule has 0 saturated carbocycles. The summed E-state index contributed by atoms with van der Waals surface area (Å²) in [7, 11) is 1.71. The Labute approximate surface area is 106 Å². The summed E-state index contributed by atoms with van der Waals surface area (Å²) < 4.78 is 5.43. The minimum atomic E-state index is 0.896. The molecule has 0 atom stereocenters. The molecule has 0 spiro atoms. The van der Waals surface area contributed by atoms with Crippen LogP contribution in [0.1, 0.15) is 5.56 Å². The second-order valence-corrected chi connectivity index (χ2v) is 4.47. The van der Waals surface area contributed by atoms with Gasteiger partial charge in [-0.05, 0) is 31.2 Å². The van der Waals surface area contributed by atoms with E-state index >= 15 is 0 Å². The van der Waals surface area contributed by atoms with Gasteiger partial charge in [-0.1, -0.05) is 29.8 Å². The first-order valence-corrected chi connectivity index (χ1v) is 6.01. The van der Waals surface area contributed by atoms with E-state index in [1.165, 1.54) is 10.9 Å². The average Bonchev–Trinajstić information content (AvgIpc) is 2.82. The number of nitrogens with one attached hydrogen (secondary N) is 1. The number of para-hydroxylation sites is 1. The molecule has 0 aliphatic carbocycles. The van der Waals surface area contributed by atoms with Gasteiger partial charge in [-0.25, -0.2) is 0 Å². The molecule has 0 saturated heterocycles. The Hall–Kier alpha value is -2.22. The molecule has 2 aromatic carbocycles. The lowest BCUT2D eigenvalue weighted by molar-refractivity contribution is 0.416. The third-order valence-corrected chi connectivity index (χ3v) is 3.18. The van der Waals surface area contributed by atoms with Gasteiger partial charge in [0.05, 0.1) is 12.8 Å². The van der Waals surface area contributed by atoms with Gasteiger partial charge in [0.25, 0.3) is 0 Å². The molecule has 0 bridgehead atoms. The molecule has 1 heterocycles. The summed E-state index contributed by atoms with van der Waals surface area (Å²) in [6.45, 7) is 2.09. The lowest BCUT2D eigenvalue weighted by Crippen LogP contribution is -1.88. The normalized spacial score (nSPS) is 10.8. The van der Waals surface area contributed by atoms with Gasteiger partial charge in [-0.2, -0.15) is 0 Å². The minimum Gasteiger partial charge on any atom is -0.496 e. The smallest absolute Gasteiger partial charge is 0.128 e. The third kappa shape index (κ3) is 1.76. The van der Waals surface area contributed by atoms with Crippen molar-refractivity contribution in [3.8, 4) is 17.0 Å². The lowest BCUT2D eigenvalue weighted by atomic mass is 10.1. The molecule has 0 aliphatic heterocycles. The highest BCUT2D eigenvalue weighted by molar-refractivity contribution is 5.87. The molecule has 0 amide bonds. The van der Waals surface area contributed by atoms with Gasteiger partial charge in [-0.3, -0.25) is 0 Å². The highest BCUT2D eigenvalue weighted by atomic mass is 16.5. The van der Waals surface area contributed by atoms with Crippen molar-refractivity contribution in [3.63, 3.8) is 0 Å². The molecular formula is C16H15NO. The zero-order chi connectivity index (χ0) is 12.5. The predicted molar refractivity (Wildman–Crippen MR) is 75.0 cm³/mol. The number of aryl methyl sites for hydroxylation is 1. The van der Waals surface area contributed by atoms with Crippen molar-refractivity contribution in [1.82, 2.24) is 4.98 Å². The van der Waals surface area contributed by atoms with Crippen LogP contribution in [0.2, 0.25) is 0 Å². The van der Waals surface area contributed by atoms with Crippen LogP contribution in [-0.2, 0) is 0 Å². The number of ether oxygens (including phenoxy) is 1. The van der Waals surface area contributed by atoms with E-state index in [1.54, 1.807) is 7.11 Å². The van der Waals surface area contributed by atoms with Crippen LogP contribution in [0.5, 0.6) is 5.75 Å². The SMILES string of the molecule is COc1ccc(C)cc1-c1cc2ccccc2[nH]1. The van der Waals surface area contributed by atoms with E-state index in [4.69, 9.17) is 4.74 Å². The summed E-state index contributed by atoms with van der Waals surface area (Å²) in [5, 5.41) is 1.22. The fourth-order valence-corrected chi connectivity index (χ4v) is 2.25. The molecule has 18 heavy (non-hydrogen) atoms. The fraction of sp³-hybridized carbons (Fsp3) is 0.125. The van der Waals surface area contributed by atoms with Crippen LogP contribution in [0, 0.1) is 6.92 Å². The van der Waals surface area contributed by atoms with E-state index in [2.05, 4.69) is 42.2 Å². The Bertz CT molecular complexity index is 664. The number of fused-ring (bicyclic) bond motifs is 1. The molecule has 0 aliphatic rings. The van der Waals surface area contributed by atoms with Crippen molar-refractivity contribution in [2.24, 2.45) is 0 Å². The predicted octanol–water partition coefficient (Wildman–Crippen LogP) is 4.15. The van der Waals surface area contributed by atoms with Gasteiger partial charge in [0.1, 0.15) is 5.75 Å². The molecule has 3 aromatic rings. The molecule has 2 nitrogen and oxygen atoms in total. The van der Waals surface area contributed by atoms with Gasteiger partial charge in [0, 0.05) is 16.5 Å². The number of H-pyrrole nitrogens is 1. The molecule has 0 unspecified atom stereocenters. The number of hydrogen-bond acceptors (Lipinski definition) is 1. The third-order valence-electron chi connectivity index (χ3n) is 3.18. The molecule has 0 fully saturated rings. The molecule has 0 radical (unpaired) electrons. The van der Waals surface area contributed by atoms with Gasteiger partial charge in [0.2, 0.25) is 0 Å². The maximum absolute atomic E-state index is 5.43. The summed E-state index contributed by atoms with van der Waals surface area (Å²) in [4.78, 5) is 3.43. The molecular weight excluding hydrogens is 222 g/mol. The highest BCUT2D eigenvalue weighted by Gasteiger charge is 2.08. The van der Waals surface area contributed by atoms with Crippen molar-refractivity contribution >= 4 is 10.9 Å². The van der Waals surface area contributed by atoms with E-state index in [9.17, 15) is 0 Å². The Morgan fingerprint density at radius 3 is 2.61 bits per heavy atom. The molecule has 90 valence electrons. The molecule has 3 rings (SSSR count). The van der Waals surface area contributed by atoms with E-state index < -0.39 is 0 Å². The van der Waals surface area contributed by atoms with Crippen molar-refractivity contribution in [1.29, 1.82) is 0 Å². The van der Waals surface area contributed by atoms with Crippen LogP contribution < -0.4 is 4.74 Å². The van der Waals surface area contributed by atoms with Gasteiger partial charge in [0.15, 0.2) is 0 Å². The zero-order valence-corrected chi connectivity index (χ0v) is 10.5. The summed E-state index contributed by atoms with van der Waals surface area (Å²) in [5.74, 6) is 0.896. The maximum Gasteiger partial charge on any atom is 0.128 e. The first-order chi connectivity index (χ1) is 8.78. The zero-order valence-electron chi connectivity index (χ0n) is 10.5. The Balaban J connectivity index is 2.22. The highest BCUT2D eigenvalue weighted by Crippen LogP contribution is 2.32. The Morgan fingerprint density at radius 2 is 1.83 bits per heavy atom. The number of hydrogen-bond donors (Lipinski definition) is 1. The van der Waals surface area contributed by atoms with Crippen LogP contribution in [0.3, 0.4) is 0 Å². The number of rotatable bonds is 2. The van der Waals surface area contributed by atoms with Crippen LogP contribution in [0.15, 0.2) is 48.5 Å². The summed E-state index contributed by atoms with van der Waals surface area (Å²) >= 11 is 0. The van der Waals surface area contributed by atoms with Crippen LogP contribution >= 0.6 is 0 Å². The van der Waals surface area contributed by atoms with Crippen molar-refractivity contribution in [2.45, 2.75) is 6.92 Å². The van der Waals surface area contributed by atoms with Gasteiger partial charge in [-0.15, -0.1) is 0 Å². The van der Waals surface area contributed by atoms with E-state index in [0.717, 1.165) is 22.5 Å². The average molecular weight is 237 g/mol.